The van der Waals surface area contributed by atoms with Crippen molar-refractivity contribution in [1.29, 1.82) is 0 Å². The van der Waals surface area contributed by atoms with E-state index < -0.39 is 0 Å². The van der Waals surface area contributed by atoms with Gasteiger partial charge >= 0.3 is 0 Å². The molecule has 0 spiro atoms. The van der Waals surface area contributed by atoms with Crippen LogP contribution in [0.3, 0.4) is 0 Å². The highest BCUT2D eigenvalue weighted by molar-refractivity contribution is 7.14. The highest BCUT2D eigenvalue weighted by Gasteiger charge is 2.20. The van der Waals surface area contributed by atoms with Crippen LogP contribution >= 0.6 is 22.9 Å². The topological polar surface area (TPSA) is 51.0 Å². The predicted octanol–water partition coefficient (Wildman–Crippen LogP) is 3.76. The quantitative estimate of drug-likeness (QED) is 0.797. The third kappa shape index (κ3) is 2.47. The second kappa shape index (κ2) is 5.75. The maximum Gasteiger partial charge on any atom is 0.259 e. The number of thiophene rings is 1. The van der Waals surface area contributed by atoms with Crippen molar-refractivity contribution in [3.8, 4) is 10.8 Å². The molecule has 3 aromatic rings. The minimum absolute atomic E-state index is 0.129. The summed E-state index contributed by atoms with van der Waals surface area (Å²) in [6.45, 7) is 0. The van der Waals surface area contributed by atoms with E-state index in [1.165, 1.54) is 11.3 Å². The van der Waals surface area contributed by atoms with Crippen molar-refractivity contribution in [3.63, 3.8) is 0 Å². The normalized spacial score (nSPS) is 12.5. The van der Waals surface area contributed by atoms with Crippen LogP contribution < -0.4 is 5.32 Å². The third-order valence-electron chi connectivity index (χ3n) is 2.92. The Morgan fingerprint density at radius 2 is 2.00 bits per heavy atom. The summed E-state index contributed by atoms with van der Waals surface area (Å²) in [5, 5.41) is 13.9. The fourth-order valence-corrected chi connectivity index (χ4v) is 3.02. The highest BCUT2D eigenvalue weighted by atomic mass is 35.5. The summed E-state index contributed by atoms with van der Waals surface area (Å²) in [6, 6.07) is 11.7. The van der Waals surface area contributed by atoms with Crippen molar-refractivity contribution in [3.05, 3.63) is 58.3 Å². The van der Waals surface area contributed by atoms with E-state index in [1.807, 2.05) is 48.8 Å². The Labute approximate surface area is 125 Å². The Bertz CT molecular complexity index is 695. The summed E-state index contributed by atoms with van der Waals surface area (Å²) < 4.78 is 5.76. The summed E-state index contributed by atoms with van der Waals surface area (Å²) in [6.07, 6.45) is 0. The average Bonchev–Trinajstić information content (AvgIpc) is 3.10. The second-order valence-electron chi connectivity index (χ2n) is 4.18. The van der Waals surface area contributed by atoms with Crippen molar-refractivity contribution in [2.45, 2.75) is 6.04 Å². The van der Waals surface area contributed by atoms with Gasteiger partial charge in [-0.1, -0.05) is 41.9 Å². The molecular weight excluding hydrogens is 294 g/mol. The van der Waals surface area contributed by atoms with Crippen LogP contribution in [0, 0.1) is 0 Å². The summed E-state index contributed by atoms with van der Waals surface area (Å²) >= 11 is 7.56. The SMILES string of the molecule is CNC(c1ccccc1)c1nnc(-c2sccc2Cl)o1. The fourth-order valence-electron chi connectivity index (χ4n) is 1.97. The van der Waals surface area contributed by atoms with E-state index in [9.17, 15) is 0 Å². The van der Waals surface area contributed by atoms with E-state index in [0.717, 1.165) is 10.4 Å². The molecule has 0 aliphatic heterocycles. The van der Waals surface area contributed by atoms with Crippen molar-refractivity contribution in [2.75, 3.05) is 7.05 Å². The fraction of sp³-hybridized carbons (Fsp3) is 0.143. The molecule has 6 heteroatoms. The van der Waals surface area contributed by atoms with Crippen molar-refractivity contribution >= 4 is 22.9 Å². The number of rotatable bonds is 4. The van der Waals surface area contributed by atoms with Gasteiger partial charge in [0, 0.05) is 0 Å². The first-order valence-electron chi connectivity index (χ1n) is 6.08. The van der Waals surface area contributed by atoms with Gasteiger partial charge in [0.25, 0.3) is 5.89 Å². The molecule has 0 fully saturated rings. The molecule has 2 aromatic heterocycles. The maximum absolute atomic E-state index is 6.08. The largest absolute Gasteiger partial charge is 0.418 e. The average molecular weight is 306 g/mol. The van der Waals surface area contributed by atoms with E-state index in [1.54, 1.807) is 0 Å². The third-order valence-corrected chi connectivity index (χ3v) is 4.25. The first kappa shape index (κ1) is 13.3. The Morgan fingerprint density at radius 3 is 2.65 bits per heavy atom. The monoisotopic (exact) mass is 305 g/mol. The van der Waals surface area contributed by atoms with Crippen molar-refractivity contribution in [2.24, 2.45) is 0 Å². The van der Waals surface area contributed by atoms with Crippen LogP contribution in [0.2, 0.25) is 5.02 Å². The zero-order valence-electron chi connectivity index (χ0n) is 10.7. The lowest BCUT2D eigenvalue weighted by molar-refractivity contribution is 0.456. The van der Waals surface area contributed by atoms with E-state index in [4.69, 9.17) is 16.0 Å². The van der Waals surface area contributed by atoms with Crippen molar-refractivity contribution < 1.29 is 4.42 Å². The smallest absolute Gasteiger partial charge is 0.259 e. The molecule has 2 heterocycles. The molecule has 0 radical (unpaired) electrons. The Kier molecular flexibility index (Phi) is 3.82. The molecular formula is C14H12ClN3OS. The lowest BCUT2D eigenvalue weighted by Gasteiger charge is -2.11. The molecule has 1 unspecified atom stereocenters. The number of hydrogen-bond acceptors (Lipinski definition) is 5. The standard InChI is InChI=1S/C14H12ClN3OS/c1-16-11(9-5-3-2-4-6-9)13-17-18-14(19-13)12-10(15)7-8-20-12/h2-8,11,16H,1H3. The Hall–Kier alpha value is -1.69. The number of nitrogens with one attached hydrogen (secondary N) is 1. The summed E-state index contributed by atoms with van der Waals surface area (Å²) in [5.74, 6) is 0.981. The minimum atomic E-state index is -0.129. The molecule has 1 aromatic carbocycles. The number of hydrogen-bond donors (Lipinski definition) is 1. The molecule has 0 aliphatic carbocycles. The van der Waals surface area contributed by atoms with Gasteiger partial charge in [0.1, 0.15) is 10.9 Å². The van der Waals surface area contributed by atoms with E-state index >= 15 is 0 Å². The maximum atomic E-state index is 6.08. The summed E-state index contributed by atoms with van der Waals surface area (Å²) in [4.78, 5) is 0.799. The van der Waals surface area contributed by atoms with Gasteiger partial charge in [-0.2, -0.15) is 0 Å². The minimum Gasteiger partial charge on any atom is -0.418 e. The van der Waals surface area contributed by atoms with Crippen LogP contribution in [0.1, 0.15) is 17.5 Å². The zero-order valence-corrected chi connectivity index (χ0v) is 12.3. The van der Waals surface area contributed by atoms with Crippen LogP contribution in [0.15, 0.2) is 46.2 Å². The van der Waals surface area contributed by atoms with E-state index in [0.29, 0.717) is 16.8 Å². The van der Waals surface area contributed by atoms with Gasteiger partial charge in [-0.25, -0.2) is 0 Å². The first-order chi connectivity index (χ1) is 9.79. The molecule has 1 N–H and O–H groups in total. The van der Waals surface area contributed by atoms with Crippen LogP contribution in [0.25, 0.3) is 10.8 Å². The molecule has 0 bridgehead atoms. The summed E-state index contributed by atoms with van der Waals surface area (Å²) in [5.41, 5.74) is 1.07. The zero-order chi connectivity index (χ0) is 13.9. The van der Waals surface area contributed by atoms with Crippen LogP contribution in [0.5, 0.6) is 0 Å². The molecule has 0 saturated carbocycles. The molecule has 3 rings (SSSR count). The van der Waals surface area contributed by atoms with Gasteiger partial charge in [0.05, 0.1) is 5.02 Å². The van der Waals surface area contributed by atoms with Crippen LogP contribution in [-0.2, 0) is 0 Å². The van der Waals surface area contributed by atoms with Gasteiger partial charge in [-0.3, -0.25) is 0 Å². The summed E-state index contributed by atoms with van der Waals surface area (Å²) in [7, 11) is 1.86. The molecule has 0 amide bonds. The van der Waals surface area contributed by atoms with Crippen LogP contribution in [-0.4, -0.2) is 17.2 Å². The highest BCUT2D eigenvalue weighted by Crippen LogP contribution is 2.33. The first-order valence-corrected chi connectivity index (χ1v) is 7.34. The molecule has 102 valence electrons. The van der Waals surface area contributed by atoms with E-state index in [-0.39, 0.29) is 6.04 Å². The number of nitrogens with zero attached hydrogens (tertiary/aromatic N) is 2. The molecule has 20 heavy (non-hydrogen) atoms. The number of benzene rings is 1. The number of halogens is 1. The van der Waals surface area contributed by atoms with Crippen LogP contribution in [0.4, 0.5) is 0 Å². The van der Waals surface area contributed by atoms with Gasteiger partial charge in [0.15, 0.2) is 0 Å². The predicted molar refractivity (Wildman–Crippen MR) is 80.0 cm³/mol. The molecule has 4 nitrogen and oxygen atoms in total. The van der Waals surface area contributed by atoms with Gasteiger partial charge in [-0.15, -0.1) is 21.5 Å². The lowest BCUT2D eigenvalue weighted by Crippen LogP contribution is -2.17. The van der Waals surface area contributed by atoms with Gasteiger partial charge in [0.2, 0.25) is 5.89 Å². The van der Waals surface area contributed by atoms with Crippen molar-refractivity contribution in [1.82, 2.24) is 15.5 Å². The molecule has 0 saturated heterocycles. The second-order valence-corrected chi connectivity index (χ2v) is 5.50. The Balaban J connectivity index is 1.95. The van der Waals surface area contributed by atoms with E-state index in [2.05, 4.69) is 15.5 Å². The number of aromatic nitrogens is 2. The molecule has 1 atom stereocenters. The van der Waals surface area contributed by atoms with Gasteiger partial charge in [-0.05, 0) is 24.1 Å². The molecule has 0 aliphatic rings. The lowest BCUT2D eigenvalue weighted by atomic mass is 10.1. The van der Waals surface area contributed by atoms with Gasteiger partial charge < -0.3 is 9.73 Å². The Morgan fingerprint density at radius 1 is 1.20 bits per heavy atom.